The van der Waals surface area contributed by atoms with E-state index in [0.717, 1.165) is 22.6 Å². The van der Waals surface area contributed by atoms with Crippen molar-refractivity contribution in [1.82, 2.24) is 4.57 Å². The average Bonchev–Trinajstić information content (AvgIpc) is 2.96. The van der Waals surface area contributed by atoms with E-state index in [1.54, 1.807) is 11.3 Å². The highest BCUT2D eigenvalue weighted by Gasteiger charge is 2.15. The van der Waals surface area contributed by atoms with Crippen LogP contribution in [0.25, 0.3) is 11.3 Å². The lowest BCUT2D eigenvalue weighted by atomic mass is 9.87. The lowest BCUT2D eigenvalue weighted by Crippen LogP contribution is -2.17. The van der Waals surface area contributed by atoms with E-state index in [1.807, 2.05) is 24.3 Å². The minimum atomic E-state index is -0.195. The molecule has 0 fully saturated rings. The number of carbonyl (C=O) groups excluding carboxylic acids is 1. The van der Waals surface area contributed by atoms with E-state index in [-0.39, 0.29) is 11.3 Å². The molecule has 0 aliphatic carbocycles. The van der Waals surface area contributed by atoms with Gasteiger partial charge in [-0.15, -0.1) is 11.3 Å². The Hall–Kier alpha value is -2.46. The van der Waals surface area contributed by atoms with Gasteiger partial charge in [-0.2, -0.15) is 4.99 Å². The number of benzene rings is 2. The van der Waals surface area contributed by atoms with Gasteiger partial charge in [-0.1, -0.05) is 62.7 Å². The lowest BCUT2D eigenvalue weighted by molar-refractivity contribution is 0.0997. The van der Waals surface area contributed by atoms with Crippen molar-refractivity contribution in [2.75, 3.05) is 0 Å². The second-order valence-electron chi connectivity index (χ2n) is 8.14. The molecule has 3 nitrogen and oxygen atoms in total. The molecule has 4 heteroatoms. The molecule has 0 saturated heterocycles. The fourth-order valence-electron chi connectivity index (χ4n) is 3.24. The van der Waals surface area contributed by atoms with E-state index in [1.165, 1.54) is 16.0 Å². The predicted molar refractivity (Wildman–Crippen MR) is 118 cm³/mol. The summed E-state index contributed by atoms with van der Waals surface area (Å²) in [4.78, 5) is 19.1. The molecule has 0 radical (unpaired) electrons. The van der Waals surface area contributed by atoms with Crippen LogP contribution in [0.1, 0.15) is 54.1 Å². The molecule has 146 valence electrons. The van der Waals surface area contributed by atoms with Crippen molar-refractivity contribution in [3.05, 3.63) is 74.9 Å². The third kappa shape index (κ3) is 4.17. The Kier molecular flexibility index (Phi) is 5.71. The standard InChI is InChI=1S/C24H28N2OS/c1-7-26-21(18-10-8-16(2)9-11-18)17(3)28-23(26)25-22(27)19-12-14-20(15-13-19)24(4,5)6/h8-15H,7H2,1-6H3. The van der Waals surface area contributed by atoms with E-state index in [9.17, 15) is 4.79 Å². The van der Waals surface area contributed by atoms with Crippen molar-refractivity contribution < 1.29 is 4.79 Å². The van der Waals surface area contributed by atoms with E-state index in [0.29, 0.717) is 5.56 Å². The fraction of sp³-hybridized carbons (Fsp3) is 0.333. The topological polar surface area (TPSA) is 34.4 Å². The Labute approximate surface area is 171 Å². The molecule has 1 heterocycles. The monoisotopic (exact) mass is 392 g/mol. The van der Waals surface area contributed by atoms with Crippen LogP contribution in [-0.4, -0.2) is 10.5 Å². The molecule has 0 N–H and O–H groups in total. The smallest absolute Gasteiger partial charge is 0.279 e. The summed E-state index contributed by atoms with van der Waals surface area (Å²) in [5, 5.41) is 0. The molecule has 0 bridgehead atoms. The number of rotatable bonds is 3. The number of nitrogens with zero attached hydrogens (tertiary/aromatic N) is 2. The number of thiazole rings is 1. The molecular weight excluding hydrogens is 364 g/mol. The van der Waals surface area contributed by atoms with Gasteiger partial charge in [0.1, 0.15) is 0 Å². The van der Waals surface area contributed by atoms with Gasteiger partial charge in [-0.05, 0) is 49.4 Å². The molecule has 0 saturated carbocycles. The maximum atomic E-state index is 12.8. The van der Waals surface area contributed by atoms with Gasteiger partial charge in [0.15, 0.2) is 4.80 Å². The number of carbonyl (C=O) groups is 1. The van der Waals surface area contributed by atoms with Crippen LogP contribution in [0.5, 0.6) is 0 Å². The highest BCUT2D eigenvalue weighted by Crippen LogP contribution is 2.26. The molecule has 28 heavy (non-hydrogen) atoms. The first-order valence-electron chi connectivity index (χ1n) is 9.67. The first-order chi connectivity index (χ1) is 13.2. The van der Waals surface area contributed by atoms with Gasteiger partial charge in [-0.3, -0.25) is 4.79 Å². The van der Waals surface area contributed by atoms with E-state index >= 15 is 0 Å². The molecule has 0 unspecified atom stereocenters. The molecule has 1 aromatic heterocycles. The number of aryl methyl sites for hydroxylation is 2. The number of hydrogen-bond donors (Lipinski definition) is 0. The number of aromatic nitrogens is 1. The minimum absolute atomic E-state index is 0.0672. The van der Waals surface area contributed by atoms with E-state index in [4.69, 9.17) is 0 Å². The van der Waals surface area contributed by atoms with Crippen LogP contribution in [0, 0.1) is 13.8 Å². The van der Waals surface area contributed by atoms with Crippen LogP contribution in [0.2, 0.25) is 0 Å². The minimum Gasteiger partial charge on any atom is -0.316 e. The highest BCUT2D eigenvalue weighted by molar-refractivity contribution is 7.09. The zero-order valence-corrected chi connectivity index (χ0v) is 18.4. The number of amides is 1. The van der Waals surface area contributed by atoms with Crippen LogP contribution < -0.4 is 4.80 Å². The summed E-state index contributed by atoms with van der Waals surface area (Å²) in [5.74, 6) is -0.195. The summed E-state index contributed by atoms with van der Waals surface area (Å²) < 4.78 is 2.13. The van der Waals surface area contributed by atoms with Crippen molar-refractivity contribution in [1.29, 1.82) is 0 Å². The van der Waals surface area contributed by atoms with Crippen LogP contribution >= 0.6 is 11.3 Å². The second kappa shape index (κ2) is 7.88. The van der Waals surface area contributed by atoms with Gasteiger partial charge in [0, 0.05) is 17.0 Å². The predicted octanol–water partition coefficient (Wildman–Crippen LogP) is 5.89. The van der Waals surface area contributed by atoms with Gasteiger partial charge in [0.25, 0.3) is 5.91 Å². The summed E-state index contributed by atoms with van der Waals surface area (Å²) in [7, 11) is 0. The molecule has 0 aliphatic rings. The average molecular weight is 393 g/mol. The fourth-order valence-corrected chi connectivity index (χ4v) is 4.30. The van der Waals surface area contributed by atoms with Gasteiger partial charge in [-0.25, -0.2) is 0 Å². The van der Waals surface area contributed by atoms with Crippen LogP contribution in [0.4, 0.5) is 0 Å². The second-order valence-corrected chi connectivity index (χ2v) is 9.33. The van der Waals surface area contributed by atoms with Gasteiger partial charge in [0.2, 0.25) is 0 Å². The molecule has 2 aromatic carbocycles. The Balaban J connectivity index is 2.01. The lowest BCUT2D eigenvalue weighted by Gasteiger charge is -2.18. The first-order valence-corrected chi connectivity index (χ1v) is 10.5. The molecule has 3 rings (SSSR count). The molecule has 0 atom stereocenters. The zero-order valence-electron chi connectivity index (χ0n) is 17.5. The summed E-state index contributed by atoms with van der Waals surface area (Å²) >= 11 is 1.57. The van der Waals surface area contributed by atoms with E-state index in [2.05, 4.69) is 75.4 Å². The Morgan fingerprint density at radius 2 is 1.61 bits per heavy atom. The summed E-state index contributed by atoms with van der Waals surface area (Å²) in [6.45, 7) is 13.5. The van der Waals surface area contributed by atoms with Gasteiger partial charge < -0.3 is 4.57 Å². The maximum Gasteiger partial charge on any atom is 0.279 e. The van der Waals surface area contributed by atoms with Crippen molar-refractivity contribution in [3.8, 4) is 11.3 Å². The summed E-state index contributed by atoms with van der Waals surface area (Å²) in [6, 6.07) is 16.3. The Bertz CT molecular complexity index is 1050. The van der Waals surface area contributed by atoms with Crippen molar-refractivity contribution >= 4 is 17.2 Å². The molecule has 3 aromatic rings. The maximum absolute atomic E-state index is 12.8. The van der Waals surface area contributed by atoms with Gasteiger partial charge >= 0.3 is 0 Å². The van der Waals surface area contributed by atoms with Crippen LogP contribution in [-0.2, 0) is 12.0 Å². The normalized spacial score (nSPS) is 12.4. The molecule has 0 aliphatic heterocycles. The van der Waals surface area contributed by atoms with E-state index < -0.39 is 0 Å². The van der Waals surface area contributed by atoms with Crippen LogP contribution in [0.15, 0.2) is 53.5 Å². The van der Waals surface area contributed by atoms with Gasteiger partial charge in [0.05, 0.1) is 5.69 Å². The van der Waals surface area contributed by atoms with Crippen molar-refractivity contribution in [2.24, 2.45) is 4.99 Å². The molecule has 1 amide bonds. The zero-order chi connectivity index (χ0) is 20.5. The Morgan fingerprint density at radius 3 is 2.14 bits per heavy atom. The summed E-state index contributed by atoms with van der Waals surface area (Å²) in [5.41, 5.74) is 5.43. The Morgan fingerprint density at radius 1 is 1.00 bits per heavy atom. The SMILES string of the molecule is CCn1c(-c2ccc(C)cc2)c(C)sc1=NC(=O)c1ccc(C(C)(C)C)cc1. The first kappa shape index (κ1) is 20.3. The quantitative estimate of drug-likeness (QED) is 0.547. The number of hydrogen-bond acceptors (Lipinski definition) is 2. The largest absolute Gasteiger partial charge is 0.316 e. The molecule has 0 spiro atoms. The third-order valence-corrected chi connectivity index (χ3v) is 5.91. The van der Waals surface area contributed by atoms with Crippen molar-refractivity contribution in [2.45, 2.75) is 53.5 Å². The van der Waals surface area contributed by atoms with Crippen LogP contribution in [0.3, 0.4) is 0 Å². The van der Waals surface area contributed by atoms with Crippen molar-refractivity contribution in [3.63, 3.8) is 0 Å². The molecular formula is C24H28N2OS. The summed E-state index contributed by atoms with van der Waals surface area (Å²) in [6.07, 6.45) is 0. The highest BCUT2D eigenvalue weighted by atomic mass is 32.1. The third-order valence-electron chi connectivity index (χ3n) is 4.91.